The predicted molar refractivity (Wildman–Crippen MR) is 346 cm³/mol. The number of unbranched alkanes of at least 4 members (excludes halogenated alkanes) is 36. The normalized spacial score (nSPS) is 23.9. The molecular weight excluding hydrogens is 1070 g/mol. The van der Waals surface area contributed by atoms with Crippen molar-refractivity contribution in [3.05, 3.63) is 60.8 Å². The standard InChI is InChI=1S/C71H129NO13/c1-3-5-7-9-11-13-15-17-19-21-23-24-25-26-27-28-29-30-31-32-33-34-35-37-38-40-42-44-46-48-50-52-54-60(75)59(72-63(76)55-53-51-49-47-45-43-41-39-36-22-20-18-16-14-12-10-8-6-4-2)58-82-70-68(81)66(79)69(62(57-74)84-70)85-71-67(80)65(78)64(77)61(56-73)83-71/h12,14,18,20,37-38,44,46,52,54,59-62,64-71,73-75,77-81H,3-11,13,15-17,19,21-36,39-43,45,47-51,53,55-58H2,1-2H3,(H,72,76)/b14-12-,20-18-,38-37+,46-44+,54-52+. The number of hydrogen-bond donors (Lipinski definition) is 9. The molecule has 0 aromatic rings. The van der Waals surface area contributed by atoms with Crippen LogP contribution in [-0.2, 0) is 23.7 Å². The van der Waals surface area contributed by atoms with Crippen LogP contribution in [0.25, 0.3) is 0 Å². The van der Waals surface area contributed by atoms with E-state index in [1.54, 1.807) is 6.08 Å². The van der Waals surface area contributed by atoms with Gasteiger partial charge in [-0.25, -0.2) is 0 Å². The van der Waals surface area contributed by atoms with Gasteiger partial charge in [0, 0.05) is 6.42 Å². The molecule has 0 saturated carbocycles. The minimum absolute atomic E-state index is 0.257. The number of nitrogens with one attached hydrogen (secondary N) is 1. The van der Waals surface area contributed by atoms with E-state index in [2.05, 4.69) is 67.8 Å². The lowest BCUT2D eigenvalue weighted by atomic mass is 9.97. The maximum absolute atomic E-state index is 13.3. The number of carbonyl (C=O) groups is 1. The summed E-state index contributed by atoms with van der Waals surface area (Å²) in [6.07, 6.45) is 57.2. The average Bonchev–Trinajstić information content (AvgIpc) is 3.69. The fraction of sp³-hybridized carbons (Fsp3) is 0.845. The van der Waals surface area contributed by atoms with Crippen molar-refractivity contribution in [2.75, 3.05) is 19.8 Å². The first-order valence-electron chi connectivity index (χ1n) is 35.0. The lowest BCUT2D eigenvalue weighted by Gasteiger charge is -2.46. The number of rotatable bonds is 57. The number of ether oxygens (including phenoxy) is 4. The second-order valence-electron chi connectivity index (χ2n) is 24.6. The third-order valence-electron chi connectivity index (χ3n) is 16.9. The molecule has 1 amide bonds. The Kier molecular flexibility index (Phi) is 51.7. The molecule has 2 heterocycles. The van der Waals surface area contributed by atoms with E-state index >= 15 is 0 Å². The Balaban J connectivity index is 1.69. The molecule has 14 nitrogen and oxygen atoms in total. The van der Waals surface area contributed by atoms with Gasteiger partial charge in [-0.1, -0.05) is 267 Å². The van der Waals surface area contributed by atoms with Crippen LogP contribution in [0.5, 0.6) is 0 Å². The van der Waals surface area contributed by atoms with Gasteiger partial charge in [0.1, 0.15) is 48.8 Å². The highest BCUT2D eigenvalue weighted by molar-refractivity contribution is 5.76. The highest BCUT2D eigenvalue weighted by atomic mass is 16.7. The molecule has 0 bridgehead atoms. The van der Waals surface area contributed by atoms with Crippen molar-refractivity contribution in [3.63, 3.8) is 0 Å². The summed E-state index contributed by atoms with van der Waals surface area (Å²) in [7, 11) is 0. The molecule has 0 aromatic heterocycles. The number of aliphatic hydroxyl groups is 8. The van der Waals surface area contributed by atoms with Gasteiger partial charge < -0.3 is 65.1 Å². The molecule has 9 N–H and O–H groups in total. The Morgan fingerprint density at radius 2 is 0.788 bits per heavy atom. The summed E-state index contributed by atoms with van der Waals surface area (Å²) >= 11 is 0. The van der Waals surface area contributed by atoms with E-state index < -0.39 is 86.8 Å². The van der Waals surface area contributed by atoms with E-state index in [9.17, 15) is 45.6 Å². The van der Waals surface area contributed by atoms with Gasteiger partial charge in [-0.3, -0.25) is 4.79 Å². The molecule has 2 aliphatic heterocycles. The van der Waals surface area contributed by atoms with Crippen molar-refractivity contribution in [1.82, 2.24) is 5.32 Å². The summed E-state index contributed by atoms with van der Waals surface area (Å²) in [5.74, 6) is -0.257. The number of carbonyl (C=O) groups excluding carboxylic acids is 1. The number of aliphatic hydroxyl groups excluding tert-OH is 8. The van der Waals surface area contributed by atoms with Crippen LogP contribution in [0.1, 0.15) is 290 Å². The summed E-state index contributed by atoms with van der Waals surface area (Å²) in [6, 6.07) is -0.944. The molecule has 12 atom stereocenters. The van der Waals surface area contributed by atoms with E-state index in [0.717, 1.165) is 57.8 Å². The minimum atomic E-state index is -1.80. The van der Waals surface area contributed by atoms with Gasteiger partial charge in [-0.05, 0) is 77.0 Å². The van der Waals surface area contributed by atoms with Crippen LogP contribution in [0.2, 0.25) is 0 Å². The Morgan fingerprint density at radius 1 is 0.424 bits per heavy atom. The molecule has 85 heavy (non-hydrogen) atoms. The summed E-state index contributed by atoms with van der Waals surface area (Å²) in [4.78, 5) is 13.3. The highest BCUT2D eigenvalue weighted by Gasteiger charge is 2.51. The van der Waals surface area contributed by atoms with Crippen molar-refractivity contribution in [2.24, 2.45) is 0 Å². The molecule has 0 aliphatic carbocycles. The first kappa shape index (κ1) is 78.8. The lowest BCUT2D eigenvalue weighted by Crippen LogP contribution is -2.65. The Hall–Kier alpha value is -2.31. The Morgan fingerprint density at radius 3 is 1.25 bits per heavy atom. The third-order valence-corrected chi connectivity index (χ3v) is 16.9. The van der Waals surface area contributed by atoms with Crippen molar-refractivity contribution >= 4 is 5.91 Å². The maximum atomic E-state index is 13.3. The molecule has 0 aromatic carbocycles. The number of amides is 1. The second kappa shape index (κ2) is 55.7. The third kappa shape index (κ3) is 40.1. The van der Waals surface area contributed by atoms with Gasteiger partial charge in [0.25, 0.3) is 0 Å². The van der Waals surface area contributed by atoms with E-state index in [-0.39, 0.29) is 18.9 Å². The number of allylic oxidation sites excluding steroid dienone is 9. The molecule has 496 valence electrons. The SMILES string of the molecule is CCCCC/C=C\C/C=C\CCCCCCCCCCCC(=O)NC(COC1OC(CO)C(OC2OC(CO)C(O)C(O)C2O)C(O)C1O)C(O)/C=C/CC/C=C/CC/C=C/CCCCCCCCCCCCCCCCCCCCCCCC. The van der Waals surface area contributed by atoms with Crippen molar-refractivity contribution in [3.8, 4) is 0 Å². The summed E-state index contributed by atoms with van der Waals surface area (Å²) in [6.45, 7) is 2.77. The van der Waals surface area contributed by atoms with Crippen LogP contribution < -0.4 is 5.32 Å². The molecular formula is C71H129NO13. The van der Waals surface area contributed by atoms with Gasteiger partial charge in [-0.15, -0.1) is 0 Å². The van der Waals surface area contributed by atoms with Crippen LogP contribution >= 0.6 is 0 Å². The highest BCUT2D eigenvalue weighted by Crippen LogP contribution is 2.30. The summed E-state index contributed by atoms with van der Waals surface area (Å²) in [5.41, 5.74) is 0. The van der Waals surface area contributed by atoms with Crippen molar-refractivity contribution < 1.29 is 64.6 Å². The molecule has 2 aliphatic rings. The summed E-state index contributed by atoms with van der Waals surface area (Å²) in [5, 5.41) is 87.3. The molecule has 0 spiro atoms. The number of hydrogen-bond acceptors (Lipinski definition) is 13. The molecule has 0 radical (unpaired) electrons. The first-order chi connectivity index (χ1) is 41.6. The van der Waals surface area contributed by atoms with E-state index in [0.29, 0.717) is 12.8 Å². The van der Waals surface area contributed by atoms with Gasteiger partial charge in [0.2, 0.25) is 5.91 Å². The summed E-state index contributed by atoms with van der Waals surface area (Å²) < 4.78 is 22.8. The Labute approximate surface area is 517 Å². The topological polar surface area (TPSA) is 228 Å². The van der Waals surface area contributed by atoms with Gasteiger partial charge >= 0.3 is 0 Å². The fourth-order valence-electron chi connectivity index (χ4n) is 11.3. The largest absolute Gasteiger partial charge is 0.394 e. The zero-order valence-electron chi connectivity index (χ0n) is 53.8. The van der Waals surface area contributed by atoms with Crippen LogP contribution in [0.15, 0.2) is 60.8 Å². The van der Waals surface area contributed by atoms with Crippen LogP contribution in [-0.4, -0.2) is 140 Å². The van der Waals surface area contributed by atoms with Crippen LogP contribution in [0, 0.1) is 0 Å². The smallest absolute Gasteiger partial charge is 0.220 e. The second-order valence-corrected chi connectivity index (χ2v) is 24.6. The molecule has 2 rings (SSSR count). The van der Waals surface area contributed by atoms with Gasteiger partial charge in [-0.2, -0.15) is 0 Å². The zero-order valence-corrected chi connectivity index (χ0v) is 53.8. The molecule has 2 saturated heterocycles. The quantitative estimate of drug-likeness (QED) is 0.0204. The van der Waals surface area contributed by atoms with Crippen LogP contribution in [0.3, 0.4) is 0 Å². The van der Waals surface area contributed by atoms with E-state index in [4.69, 9.17) is 18.9 Å². The van der Waals surface area contributed by atoms with E-state index in [1.807, 2.05) is 6.08 Å². The van der Waals surface area contributed by atoms with E-state index in [1.165, 1.54) is 199 Å². The monoisotopic (exact) mass is 1200 g/mol. The first-order valence-corrected chi connectivity index (χ1v) is 35.0. The lowest BCUT2D eigenvalue weighted by molar-refractivity contribution is -0.359. The van der Waals surface area contributed by atoms with Gasteiger partial charge in [0.05, 0.1) is 32.0 Å². The maximum Gasteiger partial charge on any atom is 0.220 e. The molecule has 12 unspecified atom stereocenters. The van der Waals surface area contributed by atoms with Crippen LogP contribution in [0.4, 0.5) is 0 Å². The van der Waals surface area contributed by atoms with Crippen molar-refractivity contribution in [1.29, 1.82) is 0 Å². The average molecular weight is 1200 g/mol. The zero-order chi connectivity index (χ0) is 61.6. The predicted octanol–water partition coefficient (Wildman–Crippen LogP) is 14.1. The van der Waals surface area contributed by atoms with Crippen molar-refractivity contribution in [2.45, 2.75) is 364 Å². The Bertz CT molecular complexity index is 1660. The molecule has 14 heteroatoms. The van der Waals surface area contributed by atoms with Gasteiger partial charge in [0.15, 0.2) is 12.6 Å². The fourth-order valence-corrected chi connectivity index (χ4v) is 11.3. The minimum Gasteiger partial charge on any atom is -0.394 e. The molecule has 2 fully saturated rings.